The van der Waals surface area contributed by atoms with Crippen LogP contribution in [0.4, 0.5) is 0 Å². The summed E-state index contributed by atoms with van der Waals surface area (Å²) in [7, 11) is 0. The van der Waals surface area contributed by atoms with Crippen LogP contribution in [0.15, 0.2) is 0 Å². The lowest BCUT2D eigenvalue weighted by Crippen LogP contribution is -2.27. The van der Waals surface area contributed by atoms with Crippen LogP contribution in [0.25, 0.3) is 0 Å². The predicted molar refractivity (Wildman–Crippen MR) is 36.8 cm³/mol. The molecule has 2 rings (SSSR count). The first-order chi connectivity index (χ1) is 4.76. The van der Waals surface area contributed by atoms with Gasteiger partial charge < -0.3 is 4.74 Å². The molecule has 2 fully saturated rings. The molecule has 10 heavy (non-hydrogen) atoms. The fourth-order valence-electron chi connectivity index (χ4n) is 1.93. The van der Waals surface area contributed by atoms with Crippen LogP contribution in [0.2, 0.25) is 0 Å². The molecule has 2 aliphatic rings. The van der Waals surface area contributed by atoms with E-state index in [1.165, 1.54) is 6.42 Å². The van der Waals surface area contributed by atoms with Crippen molar-refractivity contribution in [2.24, 2.45) is 0 Å². The fourth-order valence-corrected chi connectivity index (χ4v) is 1.93. The van der Waals surface area contributed by atoms with Crippen LogP contribution < -0.4 is 0 Å². The van der Waals surface area contributed by atoms with E-state index in [4.69, 9.17) is 4.74 Å². The third-order valence-corrected chi connectivity index (χ3v) is 2.68. The molecule has 0 aromatic heterocycles. The summed E-state index contributed by atoms with van der Waals surface area (Å²) in [5, 5.41) is 0. The molecule has 0 aromatic carbocycles. The topological polar surface area (TPSA) is 29.6 Å². The Morgan fingerprint density at radius 3 is 2.90 bits per heavy atom. The second-order valence-corrected chi connectivity index (χ2v) is 3.30. The molecule has 1 aliphatic heterocycles. The monoisotopic (exact) mass is 140 g/mol. The molecular formula is C8H12O2. The molecule has 2 nitrogen and oxygen atoms in total. The van der Waals surface area contributed by atoms with Crippen molar-refractivity contribution < 1.29 is 9.53 Å². The third kappa shape index (κ3) is 0.655. The van der Waals surface area contributed by atoms with E-state index in [0.29, 0.717) is 6.10 Å². The normalized spacial score (nSPS) is 44.3. The van der Waals surface area contributed by atoms with Crippen molar-refractivity contribution in [1.29, 1.82) is 0 Å². The summed E-state index contributed by atoms with van der Waals surface area (Å²) in [5.74, 6) is 0.234. The maximum Gasteiger partial charge on any atom is 0.164 e. The standard InChI is InChI=1S/C8H12O2/c1-6(9)8-5-3-2-4-7(8)10-8/h7H,2-5H2,1H3/t7-,8-/m0/s1. The molecule has 1 saturated heterocycles. The molecule has 0 spiro atoms. The SMILES string of the molecule is CC(=O)[C@@]12CCCC[C@@H]1O2. The van der Waals surface area contributed by atoms with E-state index in [0.717, 1.165) is 19.3 Å². The highest BCUT2D eigenvalue weighted by molar-refractivity contribution is 5.88. The number of carbonyl (C=O) groups is 1. The molecule has 0 bridgehead atoms. The summed E-state index contributed by atoms with van der Waals surface area (Å²) < 4.78 is 5.38. The summed E-state index contributed by atoms with van der Waals surface area (Å²) in [6, 6.07) is 0. The van der Waals surface area contributed by atoms with Gasteiger partial charge in [0.25, 0.3) is 0 Å². The number of rotatable bonds is 1. The highest BCUT2D eigenvalue weighted by Crippen LogP contribution is 2.48. The van der Waals surface area contributed by atoms with Crippen molar-refractivity contribution in [2.75, 3.05) is 0 Å². The van der Waals surface area contributed by atoms with E-state index < -0.39 is 0 Å². The summed E-state index contributed by atoms with van der Waals surface area (Å²) in [6.07, 6.45) is 4.75. The maximum absolute atomic E-state index is 11.0. The van der Waals surface area contributed by atoms with E-state index in [1.807, 2.05) is 0 Å². The summed E-state index contributed by atoms with van der Waals surface area (Å²) in [5.41, 5.74) is -0.293. The number of ketones is 1. The van der Waals surface area contributed by atoms with E-state index >= 15 is 0 Å². The van der Waals surface area contributed by atoms with Crippen LogP contribution in [0.5, 0.6) is 0 Å². The van der Waals surface area contributed by atoms with E-state index in [2.05, 4.69) is 0 Å². The van der Waals surface area contributed by atoms with Gasteiger partial charge in [-0.2, -0.15) is 0 Å². The Bertz CT molecular complexity index is 176. The number of epoxide rings is 1. The Balaban J connectivity index is 2.12. The van der Waals surface area contributed by atoms with Crippen molar-refractivity contribution in [3.05, 3.63) is 0 Å². The van der Waals surface area contributed by atoms with Gasteiger partial charge in [-0.05, 0) is 26.2 Å². The van der Waals surface area contributed by atoms with Crippen LogP contribution in [0.1, 0.15) is 32.6 Å². The Labute approximate surface area is 60.6 Å². The number of hydrogen-bond donors (Lipinski definition) is 0. The van der Waals surface area contributed by atoms with Crippen molar-refractivity contribution in [3.8, 4) is 0 Å². The third-order valence-electron chi connectivity index (χ3n) is 2.68. The van der Waals surface area contributed by atoms with Crippen LogP contribution in [-0.4, -0.2) is 17.5 Å². The van der Waals surface area contributed by atoms with Gasteiger partial charge in [0, 0.05) is 0 Å². The Morgan fingerprint density at radius 2 is 2.40 bits per heavy atom. The van der Waals surface area contributed by atoms with E-state index in [-0.39, 0.29) is 11.4 Å². The largest absolute Gasteiger partial charge is 0.358 e. The van der Waals surface area contributed by atoms with E-state index in [9.17, 15) is 4.79 Å². The van der Waals surface area contributed by atoms with Gasteiger partial charge in [-0.3, -0.25) is 4.79 Å². The quantitative estimate of drug-likeness (QED) is 0.513. The van der Waals surface area contributed by atoms with Gasteiger partial charge >= 0.3 is 0 Å². The van der Waals surface area contributed by atoms with Crippen LogP contribution in [0.3, 0.4) is 0 Å². The minimum absolute atomic E-state index is 0.234. The summed E-state index contributed by atoms with van der Waals surface area (Å²) in [6.45, 7) is 1.64. The first kappa shape index (κ1) is 6.35. The van der Waals surface area contributed by atoms with Crippen molar-refractivity contribution in [1.82, 2.24) is 0 Å². The first-order valence-electron chi connectivity index (χ1n) is 3.94. The molecular weight excluding hydrogens is 128 g/mol. The van der Waals surface area contributed by atoms with E-state index in [1.54, 1.807) is 6.92 Å². The Hall–Kier alpha value is -0.370. The maximum atomic E-state index is 11.0. The predicted octanol–water partition coefficient (Wildman–Crippen LogP) is 1.29. The van der Waals surface area contributed by atoms with Crippen molar-refractivity contribution in [2.45, 2.75) is 44.3 Å². The highest BCUT2D eigenvalue weighted by atomic mass is 16.6. The summed E-state index contributed by atoms with van der Waals surface area (Å²) in [4.78, 5) is 11.0. The molecule has 56 valence electrons. The molecule has 0 amide bonds. The number of Topliss-reactive ketones (excluding diaryl/α,β-unsaturated/α-hetero) is 1. The smallest absolute Gasteiger partial charge is 0.164 e. The molecule has 0 radical (unpaired) electrons. The molecule has 0 N–H and O–H groups in total. The lowest BCUT2D eigenvalue weighted by atomic mass is 9.87. The molecule has 1 aliphatic carbocycles. The van der Waals surface area contributed by atoms with Crippen LogP contribution in [-0.2, 0) is 9.53 Å². The second kappa shape index (κ2) is 1.82. The van der Waals surface area contributed by atoms with Gasteiger partial charge in [-0.1, -0.05) is 6.42 Å². The molecule has 0 unspecified atom stereocenters. The number of fused-ring (bicyclic) bond motifs is 1. The number of carbonyl (C=O) groups excluding carboxylic acids is 1. The Kier molecular flexibility index (Phi) is 1.15. The second-order valence-electron chi connectivity index (χ2n) is 3.30. The molecule has 2 atom stereocenters. The zero-order chi connectivity index (χ0) is 7.19. The van der Waals surface area contributed by atoms with Gasteiger partial charge in [0.15, 0.2) is 11.4 Å². The molecule has 1 saturated carbocycles. The minimum Gasteiger partial charge on any atom is -0.358 e. The molecule has 0 aromatic rings. The minimum atomic E-state index is -0.293. The zero-order valence-electron chi connectivity index (χ0n) is 6.22. The summed E-state index contributed by atoms with van der Waals surface area (Å²) >= 11 is 0. The van der Waals surface area contributed by atoms with Crippen LogP contribution in [0, 0.1) is 0 Å². The van der Waals surface area contributed by atoms with Gasteiger partial charge in [0.1, 0.15) is 0 Å². The lowest BCUT2D eigenvalue weighted by Gasteiger charge is -2.12. The number of hydrogen-bond acceptors (Lipinski definition) is 2. The molecule has 1 heterocycles. The van der Waals surface area contributed by atoms with Gasteiger partial charge in [0.05, 0.1) is 6.10 Å². The average Bonchev–Trinajstić information content (AvgIpc) is 2.61. The zero-order valence-corrected chi connectivity index (χ0v) is 6.22. The van der Waals surface area contributed by atoms with Gasteiger partial charge in [-0.25, -0.2) is 0 Å². The molecule has 2 heteroatoms. The lowest BCUT2D eigenvalue weighted by molar-refractivity contribution is -0.122. The van der Waals surface area contributed by atoms with Crippen LogP contribution >= 0.6 is 0 Å². The van der Waals surface area contributed by atoms with Crippen molar-refractivity contribution >= 4 is 5.78 Å². The highest BCUT2D eigenvalue weighted by Gasteiger charge is 2.60. The Morgan fingerprint density at radius 1 is 1.60 bits per heavy atom. The van der Waals surface area contributed by atoms with Gasteiger partial charge in [0.2, 0.25) is 0 Å². The number of ether oxygens (including phenoxy) is 1. The first-order valence-corrected chi connectivity index (χ1v) is 3.94. The van der Waals surface area contributed by atoms with Crippen molar-refractivity contribution in [3.63, 3.8) is 0 Å². The van der Waals surface area contributed by atoms with Gasteiger partial charge in [-0.15, -0.1) is 0 Å². The average molecular weight is 140 g/mol. The fraction of sp³-hybridized carbons (Fsp3) is 0.875.